The molecular weight excluding hydrogens is 444 g/mol. The number of nitrogens with zero attached hydrogens (tertiary/aromatic N) is 3. The molecule has 0 fully saturated rings. The molecule has 1 N–H and O–H groups in total. The normalized spacial score (nSPS) is 11.0. The Morgan fingerprint density at radius 2 is 1.91 bits per heavy atom. The molecule has 0 bridgehead atoms. The molecule has 4 aromatic rings. The number of hydrogen-bond acceptors (Lipinski definition) is 7. The van der Waals surface area contributed by atoms with Crippen LogP contribution in [-0.2, 0) is 11.2 Å². The maximum absolute atomic E-state index is 13.0. The van der Waals surface area contributed by atoms with Crippen LogP contribution in [0.3, 0.4) is 0 Å². The number of ether oxygens (including phenoxy) is 1. The van der Waals surface area contributed by atoms with Gasteiger partial charge in [0.1, 0.15) is 5.82 Å². The van der Waals surface area contributed by atoms with Crippen molar-refractivity contribution in [3.8, 4) is 5.69 Å². The van der Waals surface area contributed by atoms with Gasteiger partial charge in [0.2, 0.25) is 0 Å². The van der Waals surface area contributed by atoms with Gasteiger partial charge in [0.05, 0.1) is 24.1 Å². The third-order valence-electron chi connectivity index (χ3n) is 5.07. The number of thioether (sulfide) groups is 1. The highest BCUT2D eigenvalue weighted by Crippen LogP contribution is 2.26. The zero-order valence-corrected chi connectivity index (χ0v) is 19.5. The highest BCUT2D eigenvalue weighted by molar-refractivity contribution is 7.99. The van der Waals surface area contributed by atoms with E-state index in [2.05, 4.69) is 21.2 Å². The number of para-hydroxylation sites is 1. The standard InChI is InChI=1S/C23H22N4O3S2/c1-14-20(22(29)30-3)15(2)24-21(14)18(28)13-32-23-26-25-19(12-17-10-7-11-31-17)27(23)16-8-5-4-6-9-16/h4-11,24H,12-13H2,1-3H3. The molecule has 9 heteroatoms. The van der Waals surface area contributed by atoms with Gasteiger partial charge in [-0.1, -0.05) is 36.0 Å². The van der Waals surface area contributed by atoms with Crippen LogP contribution in [0.15, 0.2) is 53.0 Å². The number of rotatable bonds is 8. The molecule has 0 aliphatic carbocycles. The quantitative estimate of drug-likeness (QED) is 0.231. The molecular formula is C23H22N4O3S2. The van der Waals surface area contributed by atoms with Crippen LogP contribution in [0.25, 0.3) is 5.69 Å². The van der Waals surface area contributed by atoms with Gasteiger partial charge in [-0.3, -0.25) is 9.36 Å². The minimum Gasteiger partial charge on any atom is -0.465 e. The molecule has 0 saturated carbocycles. The van der Waals surface area contributed by atoms with Crippen molar-refractivity contribution in [2.75, 3.05) is 12.9 Å². The summed E-state index contributed by atoms with van der Waals surface area (Å²) in [6, 6.07) is 14.0. The van der Waals surface area contributed by atoms with Crippen molar-refractivity contribution < 1.29 is 14.3 Å². The number of nitrogens with one attached hydrogen (secondary N) is 1. The largest absolute Gasteiger partial charge is 0.465 e. The molecule has 7 nitrogen and oxygen atoms in total. The van der Waals surface area contributed by atoms with Gasteiger partial charge in [-0.2, -0.15) is 0 Å². The Bertz CT molecular complexity index is 1240. The average molecular weight is 467 g/mol. The zero-order valence-electron chi connectivity index (χ0n) is 17.9. The zero-order chi connectivity index (χ0) is 22.7. The average Bonchev–Trinajstić information content (AvgIpc) is 3.52. The fraction of sp³-hybridized carbons (Fsp3) is 0.217. The van der Waals surface area contributed by atoms with E-state index >= 15 is 0 Å². The first kappa shape index (κ1) is 22.0. The third-order valence-corrected chi connectivity index (χ3v) is 6.87. The van der Waals surface area contributed by atoms with E-state index in [1.165, 1.54) is 23.7 Å². The first-order valence-electron chi connectivity index (χ1n) is 9.95. The lowest BCUT2D eigenvalue weighted by Crippen LogP contribution is -2.08. The van der Waals surface area contributed by atoms with Crippen molar-refractivity contribution >= 4 is 34.9 Å². The maximum atomic E-state index is 13.0. The monoisotopic (exact) mass is 466 g/mol. The van der Waals surface area contributed by atoms with Crippen molar-refractivity contribution in [1.82, 2.24) is 19.7 Å². The second-order valence-corrected chi connectivity index (χ2v) is 9.13. The number of esters is 1. The van der Waals surface area contributed by atoms with Crippen LogP contribution in [-0.4, -0.2) is 44.4 Å². The lowest BCUT2D eigenvalue weighted by Gasteiger charge is -2.09. The Morgan fingerprint density at radius 3 is 2.59 bits per heavy atom. The number of aromatic nitrogens is 4. The summed E-state index contributed by atoms with van der Waals surface area (Å²) in [5.74, 6) is 0.400. The number of carbonyl (C=O) groups excluding carboxylic acids is 2. The lowest BCUT2D eigenvalue weighted by atomic mass is 10.1. The van der Waals surface area contributed by atoms with E-state index in [4.69, 9.17) is 4.74 Å². The predicted octanol–water partition coefficient (Wildman–Crippen LogP) is 4.63. The van der Waals surface area contributed by atoms with Gasteiger partial charge in [-0.25, -0.2) is 4.79 Å². The number of Topliss-reactive ketones (excluding diaryl/α,β-unsaturated/α-hetero) is 1. The van der Waals surface area contributed by atoms with Crippen LogP contribution in [0.5, 0.6) is 0 Å². The van der Waals surface area contributed by atoms with Crippen LogP contribution in [0.2, 0.25) is 0 Å². The van der Waals surface area contributed by atoms with Gasteiger partial charge in [0.15, 0.2) is 10.9 Å². The number of aromatic amines is 1. The molecule has 4 rings (SSSR count). The molecule has 0 aliphatic heterocycles. The van der Waals surface area contributed by atoms with Crippen molar-refractivity contribution in [2.45, 2.75) is 25.4 Å². The van der Waals surface area contributed by atoms with Crippen molar-refractivity contribution in [3.63, 3.8) is 0 Å². The van der Waals surface area contributed by atoms with Crippen molar-refractivity contribution in [2.24, 2.45) is 0 Å². The molecule has 0 unspecified atom stereocenters. The molecule has 3 aromatic heterocycles. The Labute approximate surface area is 193 Å². The van der Waals surface area contributed by atoms with Crippen LogP contribution in [0.1, 0.15) is 42.8 Å². The van der Waals surface area contributed by atoms with E-state index in [0.29, 0.717) is 34.1 Å². The van der Waals surface area contributed by atoms with Crippen LogP contribution in [0, 0.1) is 13.8 Å². The second-order valence-electron chi connectivity index (χ2n) is 7.15. The summed E-state index contributed by atoms with van der Waals surface area (Å²) in [6.07, 6.45) is 0.658. The highest BCUT2D eigenvalue weighted by atomic mass is 32.2. The Morgan fingerprint density at radius 1 is 1.12 bits per heavy atom. The SMILES string of the molecule is COC(=O)c1c(C)[nH]c(C(=O)CSc2nnc(Cc3cccs3)n2-c2ccccc2)c1C. The molecule has 3 heterocycles. The molecule has 0 amide bonds. The number of hydrogen-bond donors (Lipinski definition) is 1. The summed E-state index contributed by atoms with van der Waals surface area (Å²) in [5, 5.41) is 11.5. The third kappa shape index (κ3) is 4.39. The fourth-order valence-electron chi connectivity index (χ4n) is 3.55. The van der Waals surface area contributed by atoms with E-state index in [0.717, 1.165) is 11.5 Å². The van der Waals surface area contributed by atoms with Crippen molar-refractivity contribution in [3.05, 3.63) is 81.1 Å². The molecule has 0 spiro atoms. The molecule has 0 aliphatic rings. The molecule has 0 radical (unpaired) electrons. The minimum atomic E-state index is -0.454. The van der Waals surface area contributed by atoms with Crippen LogP contribution in [0.4, 0.5) is 0 Å². The number of thiophene rings is 1. The topological polar surface area (TPSA) is 89.9 Å². The van der Waals surface area contributed by atoms with Gasteiger partial charge in [-0.05, 0) is 43.0 Å². The minimum absolute atomic E-state index is 0.117. The molecule has 0 saturated heterocycles. The number of carbonyl (C=O) groups is 2. The van der Waals surface area contributed by atoms with E-state index in [1.807, 2.05) is 46.3 Å². The smallest absolute Gasteiger partial charge is 0.339 e. The van der Waals surface area contributed by atoms with E-state index in [1.54, 1.807) is 25.2 Å². The first-order valence-corrected chi connectivity index (χ1v) is 11.8. The fourth-order valence-corrected chi connectivity index (χ4v) is 5.10. The molecule has 1 aromatic carbocycles. The summed E-state index contributed by atoms with van der Waals surface area (Å²) >= 11 is 3.00. The lowest BCUT2D eigenvalue weighted by molar-refractivity contribution is 0.0599. The highest BCUT2D eigenvalue weighted by Gasteiger charge is 2.23. The van der Waals surface area contributed by atoms with Crippen molar-refractivity contribution in [1.29, 1.82) is 0 Å². The van der Waals surface area contributed by atoms with E-state index in [-0.39, 0.29) is 11.5 Å². The van der Waals surface area contributed by atoms with E-state index < -0.39 is 5.97 Å². The van der Waals surface area contributed by atoms with Gasteiger partial charge < -0.3 is 9.72 Å². The summed E-state index contributed by atoms with van der Waals surface area (Å²) in [7, 11) is 1.33. The first-order chi connectivity index (χ1) is 15.5. The second kappa shape index (κ2) is 9.54. The number of benzene rings is 1. The Balaban J connectivity index is 1.59. The number of aryl methyl sites for hydroxylation is 1. The van der Waals surface area contributed by atoms with Gasteiger partial charge >= 0.3 is 5.97 Å². The molecule has 32 heavy (non-hydrogen) atoms. The summed E-state index contributed by atoms with van der Waals surface area (Å²) in [4.78, 5) is 29.2. The Hall–Kier alpha value is -3.17. The van der Waals surface area contributed by atoms with Crippen LogP contribution >= 0.6 is 23.1 Å². The summed E-state index contributed by atoms with van der Waals surface area (Å²) in [5.41, 5.74) is 2.99. The number of ketones is 1. The van der Waals surface area contributed by atoms with Crippen LogP contribution < -0.4 is 0 Å². The maximum Gasteiger partial charge on any atom is 0.339 e. The predicted molar refractivity (Wildman–Crippen MR) is 125 cm³/mol. The summed E-state index contributed by atoms with van der Waals surface area (Å²) in [6.45, 7) is 3.51. The van der Waals surface area contributed by atoms with Gasteiger partial charge in [-0.15, -0.1) is 21.5 Å². The van der Waals surface area contributed by atoms with E-state index in [9.17, 15) is 9.59 Å². The van der Waals surface area contributed by atoms with Gasteiger partial charge in [0.25, 0.3) is 0 Å². The number of methoxy groups -OCH3 is 1. The summed E-state index contributed by atoms with van der Waals surface area (Å²) < 4.78 is 6.82. The Kier molecular flexibility index (Phi) is 6.57. The molecule has 164 valence electrons. The molecule has 0 atom stereocenters. The number of H-pyrrole nitrogens is 1. The van der Waals surface area contributed by atoms with Gasteiger partial charge in [0, 0.05) is 22.7 Å².